The molecular formula is C13H22. The Bertz CT molecular complexity index is 228. The summed E-state index contributed by atoms with van der Waals surface area (Å²) in [6.07, 6.45) is 6.21. The van der Waals surface area contributed by atoms with Crippen molar-refractivity contribution in [1.29, 1.82) is 0 Å². The van der Waals surface area contributed by atoms with Crippen LogP contribution in [0, 0.1) is 35.0 Å². The lowest BCUT2D eigenvalue weighted by Gasteiger charge is -2.29. The standard InChI is InChI=1S/C13H22/c1-8-4-9-5-10(8)12-7-13(2,3)6-11(9)12/h8-12H,4-7H2,1-3H3. The van der Waals surface area contributed by atoms with Crippen molar-refractivity contribution in [3.63, 3.8) is 0 Å². The number of rotatable bonds is 0. The van der Waals surface area contributed by atoms with Crippen LogP contribution in [0.5, 0.6) is 0 Å². The van der Waals surface area contributed by atoms with Gasteiger partial charge in [0.2, 0.25) is 0 Å². The van der Waals surface area contributed by atoms with Gasteiger partial charge in [0.1, 0.15) is 0 Å². The summed E-state index contributed by atoms with van der Waals surface area (Å²) in [7, 11) is 0. The van der Waals surface area contributed by atoms with Crippen LogP contribution in [0.25, 0.3) is 0 Å². The SMILES string of the molecule is CC1CC2CC1C1CC(C)(C)CC21. The maximum absolute atomic E-state index is 2.49. The van der Waals surface area contributed by atoms with E-state index < -0.39 is 0 Å². The Morgan fingerprint density at radius 3 is 2.38 bits per heavy atom. The molecule has 0 heterocycles. The molecule has 3 aliphatic rings. The van der Waals surface area contributed by atoms with Crippen LogP contribution >= 0.6 is 0 Å². The largest absolute Gasteiger partial charge is 0.0622 e. The molecule has 3 saturated carbocycles. The molecule has 0 amide bonds. The van der Waals surface area contributed by atoms with Gasteiger partial charge in [0.05, 0.1) is 0 Å². The fourth-order valence-corrected chi connectivity index (χ4v) is 4.92. The zero-order chi connectivity index (χ0) is 9.22. The van der Waals surface area contributed by atoms with E-state index in [0.29, 0.717) is 5.41 Å². The number of hydrogen-bond donors (Lipinski definition) is 0. The van der Waals surface area contributed by atoms with E-state index in [0.717, 1.165) is 29.6 Å². The molecule has 2 bridgehead atoms. The van der Waals surface area contributed by atoms with E-state index in [9.17, 15) is 0 Å². The lowest BCUT2D eigenvalue weighted by atomic mass is 9.76. The third-order valence-corrected chi connectivity index (χ3v) is 5.26. The van der Waals surface area contributed by atoms with E-state index in [1.807, 2.05) is 0 Å². The average molecular weight is 178 g/mol. The predicted octanol–water partition coefficient (Wildman–Crippen LogP) is 3.71. The normalized spacial score (nSPS) is 57.0. The van der Waals surface area contributed by atoms with E-state index in [1.54, 1.807) is 12.8 Å². The summed E-state index contributed by atoms with van der Waals surface area (Å²) < 4.78 is 0. The molecule has 0 nitrogen and oxygen atoms in total. The zero-order valence-corrected chi connectivity index (χ0v) is 9.22. The number of fused-ring (bicyclic) bond motifs is 5. The lowest BCUT2D eigenvalue weighted by molar-refractivity contribution is 0.201. The van der Waals surface area contributed by atoms with Crippen molar-refractivity contribution < 1.29 is 0 Å². The summed E-state index contributed by atoms with van der Waals surface area (Å²) >= 11 is 0. The summed E-state index contributed by atoms with van der Waals surface area (Å²) in [4.78, 5) is 0. The highest BCUT2D eigenvalue weighted by Gasteiger charge is 2.56. The Labute approximate surface area is 82.1 Å². The van der Waals surface area contributed by atoms with Crippen molar-refractivity contribution in [2.45, 2.75) is 46.5 Å². The van der Waals surface area contributed by atoms with E-state index >= 15 is 0 Å². The van der Waals surface area contributed by atoms with Crippen molar-refractivity contribution in [2.75, 3.05) is 0 Å². The third-order valence-electron chi connectivity index (χ3n) is 5.26. The Kier molecular flexibility index (Phi) is 1.49. The molecule has 0 N–H and O–H groups in total. The highest BCUT2D eigenvalue weighted by Crippen LogP contribution is 2.64. The minimum atomic E-state index is 0.677. The Morgan fingerprint density at radius 1 is 0.923 bits per heavy atom. The summed E-state index contributed by atoms with van der Waals surface area (Å²) in [5.74, 6) is 5.57. The quantitative estimate of drug-likeness (QED) is 0.530. The fourth-order valence-electron chi connectivity index (χ4n) is 4.92. The molecule has 74 valence electrons. The Morgan fingerprint density at radius 2 is 1.62 bits per heavy atom. The van der Waals surface area contributed by atoms with Gasteiger partial charge >= 0.3 is 0 Å². The number of hydrogen-bond acceptors (Lipinski definition) is 0. The van der Waals surface area contributed by atoms with Crippen molar-refractivity contribution >= 4 is 0 Å². The maximum Gasteiger partial charge on any atom is -0.0347 e. The second-order valence-electron chi connectivity index (χ2n) is 6.77. The highest BCUT2D eigenvalue weighted by molar-refractivity contribution is 5.05. The zero-order valence-electron chi connectivity index (χ0n) is 9.22. The van der Waals surface area contributed by atoms with Crippen LogP contribution in [0.3, 0.4) is 0 Å². The van der Waals surface area contributed by atoms with E-state index in [-0.39, 0.29) is 0 Å². The molecule has 0 aliphatic heterocycles. The van der Waals surface area contributed by atoms with Crippen LogP contribution in [0.4, 0.5) is 0 Å². The van der Waals surface area contributed by atoms with Gasteiger partial charge in [-0.15, -0.1) is 0 Å². The van der Waals surface area contributed by atoms with Gasteiger partial charge in [-0.1, -0.05) is 20.8 Å². The predicted molar refractivity (Wildman–Crippen MR) is 55.4 cm³/mol. The molecule has 0 saturated heterocycles. The van der Waals surface area contributed by atoms with Gasteiger partial charge in [0.25, 0.3) is 0 Å². The van der Waals surface area contributed by atoms with Crippen LogP contribution in [-0.2, 0) is 0 Å². The summed E-state index contributed by atoms with van der Waals surface area (Å²) in [5.41, 5.74) is 0.677. The van der Waals surface area contributed by atoms with E-state index in [4.69, 9.17) is 0 Å². The first-order valence-corrected chi connectivity index (χ1v) is 6.07. The van der Waals surface area contributed by atoms with Crippen molar-refractivity contribution in [3.05, 3.63) is 0 Å². The van der Waals surface area contributed by atoms with Gasteiger partial charge in [-0.05, 0) is 60.7 Å². The summed E-state index contributed by atoms with van der Waals surface area (Å²) in [6.45, 7) is 7.46. The first-order chi connectivity index (χ1) is 6.07. The highest BCUT2D eigenvalue weighted by atomic mass is 14.6. The van der Waals surface area contributed by atoms with Crippen molar-refractivity contribution in [3.8, 4) is 0 Å². The first kappa shape index (κ1) is 8.32. The smallest absolute Gasteiger partial charge is 0.0347 e. The molecule has 0 radical (unpaired) electrons. The van der Waals surface area contributed by atoms with E-state index in [1.165, 1.54) is 12.8 Å². The minimum absolute atomic E-state index is 0.677. The van der Waals surface area contributed by atoms with Crippen molar-refractivity contribution in [1.82, 2.24) is 0 Å². The van der Waals surface area contributed by atoms with Crippen LogP contribution < -0.4 is 0 Å². The van der Waals surface area contributed by atoms with Gasteiger partial charge in [-0.2, -0.15) is 0 Å². The Balaban J connectivity index is 1.87. The molecule has 0 aromatic carbocycles. The lowest BCUT2D eigenvalue weighted by Crippen LogP contribution is -2.22. The van der Waals surface area contributed by atoms with Gasteiger partial charge < -0.3 is 0 Å². The van der Waals surface area contributed by atoms with Crippen LogP contribution in [0.1, 0.15) is 46.5 Å². The summed E-state index contributed by atoms with van der Waals surface area (Å²) in [5, 5.41) is 0. The molecule has 5 unspecified atom stereocenters. The molecule has 5 atom stereocenters. The average Bonchev–Trinajstić information content (AvgIpc) is 2.56. The third kappa shape index (κ3) is 1.04. The molecule has 0 aromatic rings. The van der Waals surface area contributed by atoms with Gasteiger partial charge in [0.15, 0.2) is 0 Å². The minimum Gasteiger partial charge on any atom is -0.0622 e. The molecule has 13 heavy (non-hydrogen) atoms. The molecule has 0 aromatic heterocycles. The Hall–Kier alpha value is 0. The molecule has 3 fully saturated rings. The van der Waals surface area contributed by atoms with Gasteiger partial charge in [-0.25, -0.2) is 0 Å². The molecule has 3 rings (SSSR count). The van der Waals surface area contributed by atoms with Crippen LogP contribution in [-0.4, -0.2) is 0 Å². The topological polar surface area (TPSA) is 0 Å². The second-order valence-corrected chi connectivity index (χ2v) is 6.77. The fraction of sp³-hybridized carbons (Fsp3) is 1.00. The maximum atomic E-state index is 2.49. The molecular weight excluding hydrogens is 156 g/mol. The van der Waals surface area contributed by atoms with Crippen molar-refractivity contribution in [2.24, 2.45) is 35.0 Å². The first-order valence-electron chi connectivity index (χ1n) is 6.07. The van der Waals surface area contributed by atoms with Gasteiger partial charge in [0, 0.05) is 0 Å². The molecule has 0 spiro atoms. The summed E-state index contributed by atoms with van der Waals surface area (Å²) in [6, 6.07) is 0. The second kappa shape index (κ2) is 2.32. The van der Waals surface area contributed by atoms with Crippen LogP contribution in [0.15, 0.2) is 0 Å². The van der Waals surface area contributed by atoms with Crippen LogP contribution in [0.2, 0.25) is 0 Å². The van der Waals surface area contributed by atoms with E-state index in [2.05, 4.69) is 20.8 Å². The monoisotopic (exact) mass is 178 g/mol. The van der Waals surface area contributed by atoms with Gasteiger partial charge in [-0.3, -0.25) is 0 Å². The molecule has 3 aliphatic carbocycles. The molecule has 0 heteroatoms.